The van der Waals surface area contributed by atoms with Crippen molar-refractivity contribution in [2.75, 3.05) is 0 Å². The SMILES string of the molecule is CC(C)c1nc2cc(C3(N=C=O)CCCC3)ccc2n1C. The number of rotatable bonds is 3. The van der Waals surface area contributed by atoms with E-state index in [2.05, 4.69) is 48.7 Å². The maximum absolute atomic E-state index is 10.8. The van der Waals surface area contributed by atoms with E-state index in [0.29, 0.717) is 5.92 Å². The van der Waals surface area contributed by atoms with Gasteiger partial charge in [-0.2, -0.15) is 4.99 Å². The highest BCUT2D eigenvalue weighted by molar-refractivity contribution is 5.77. The standard InChI is InChI=1S/C17H21N3O/c1-12(2)16-19-14-10-13(6-7-15(14)20(16)3)17(18-11-21)8-4-5-9-17/h6-7,10,12H,4-5,8-9H2,1-3H3. The second-order valence-electron chi connectivity index (χ2n) is 6.33. The third-order valence-electron chi connectivity index (χ3n) is 4.66. The topological polar surface area (TPSA) is 47.2 Å². The second kappa shape index (κ2) is 5.12. The molecule has 0 atom stereocenters. The molecule has 1 heterocycles. The summed E-state index contributed by atoms with van der Waals surface area (Å²) < 4.78 is 2.15. The van der Waals surface area contributed by atoms with Crippen LogP contribution in [0.5, 0.6) is 0 Å². The summed E-state index contributed by atoms with van der Waals surface area (Å²) in [5, 5.41) is 0. The van der Waals surface area contributed by atoms with E-state index in [1.807, 2.05) is 0 Å². The third kappa shape index (κ3) is 2.20. The largest absolute Gasteiger partial charge is 0.331 e. The summed E-state index contributed by atoms with van der Waals surface area (Å²) in [6, 6.07) is 6.30. The Morgan fingerprint density at radius 2 is 2.05 bits per heavy atom. The number of fused-ring (bicyclic) bond motifs is 1. The monoisotopic (exact) mass is 283 g/mol. The maximum atomic E-state index is 10.8. The van der Waals surface area contributed by atoms with Gasteiger partial charge in [0.05, 0.1) is 16.6 Å². The molecule has 4 nitrogen and oxygen atoms in total. The van der Waals surface area contributed by atoms with Crippen LogP contribution in [0.1, 0.15) is 56.8 Å². The lowest BCUT2D eigenvalue weighted by Crippen LogP contribution is -2.18. The summed E-state index contributed by atoms with van der Waals surface area (Å²) >= 11 is 0. The van der Waals surface area contributed by atoms with Crippen molar-refractivity contribution in [3.05, 3.63) is 29.6 Å². The number of carbonyl (C=O) groups excluding carboxylic acids is 1. The van der Waals surface area contributed by atoms with E-state index in [9.17, 15) is 4.79 Å². The van der Waals surface area contributed by atoms with Gasteiger partial charge in [-0.15, -0.1) is 0 Å². The van der Waals surface area contributed by atoms with Gasteiger partial charge in [0.2, 0.25) is 6.08 Å². The molecule has 0 N–H and O–H groups in total. The fourth-order valence-electron chi connectivity index (χ4n) is 3.54. The minimum absolute atomic E-state index is 0.370. The molecule has 21 heavy (non-hydrogen) atoms. The van der Waals surface area contributed by atoms with Crippen molar-refractivity contribution >= 4 is 17.1 Å². The number of isocyanates is 1. The van der Waals surface area contributed by atoms with Crippen molar-refractivity contribution < 1.29 is 4.79 Å². The zero-order valence-corrected chi connectivity index (χ0v) is 12.9. The molecule has 0 amide bonds. The Hall–Kier alpha value is -1.93. The number of imidazole rings is 1. The molecule has 0 aliphatic heterocycles. The number of aromatic nitrogens is 2. The second-order valence-corrected chi connectivity index (χ2v) is 6.33. The van der Waals surface area contributed by atoms with E-state index >= 15 is 0 Å². The van der Waals surface area contributed by atoms with Gasteiger partial charge in [0.25, 0.3) is 0 Å². The molecular weight excluding hydrogens is 262 g/mol. The molecule has 3 rings (SSSR count). The maximum Gasteiger partial charge on any atom is 0.235 e. The Morgan fingerprint density at radius 3 is 2.67 bits per heavy atom. The van der Waals surface area contributed by atoms with E-state index < -0.39 is 0 Å². The number of benzene rings is 1. The van der Waals surface area contributed by atoms with Gasteiger partial charge in [-0.05, 0) is 30.5 Å². The van der Waals surface area contributed by atoms with Crippen LogP contribution in [0.4, 0.5) is 0 Å². The predicted molar refractivity (Wildman–Crippen MR) is 83.1 cm³/mol. The average molecular weight is 283 g/mol. The fourth-order valence-corrected chi connectivity index (χ4v) is 3.54. The number of hydrogen-bond acceptors (Lipinski definition) is 3. The van der Waals surface area contributed by atoms with Gasteiger partial charge in [-0.3, -0.25) is 0 Å². The lowest BCUT2D eigenvalue weighted by molar-refractivity contribution is 0.456. The van der Waals surface area contributed by atoms with Crippen molar-refractivity contribution in [3.63, 3.8) is 0 Å². The van der Waals surface area contributed by atoms with Gasteiger partial charge in [0, 0.05) is 13.0 Å². The molecule has 4 heteroatoms. The van der Waals surface area contributed by atoms with E-state index in [4.69, 9.17) is 4.98 Å². The van der Waals surface area contributed by atoms with Crippen molar-refractivity contribution in [2.45, 2.75) is 51.0 Å². The molecular formula is C17H21N3O. The summed E-state index contributed by atoms with van der Waals surface area (Å²) in [6.07, 6.45) is 5.87. The number of hydrogen-bond donors (Lipinski definition) is 0. The first kappa shape index (κ1) is 14.0. The van der Waals surface area contributed by atoms with Crippen molar-refractivity contribution in [3.8, 4) is 0 Å². The van der Waals surface area contributed by atoms with Gasteiger partial charge in [0.15, 0.2) is 0 Å². The summed E-state index contributed by atoms with van der Waals surface area (Å²) in [6.45, 7) is 4.30. The molecule has 0 saturated heterocycles. The molecule has 0 spiro atoms. The molecule has 110 valence electrons. The first-order chi connectivity index (χ1) is 10.1. The Labute approximate surface area is 124 Å². The molecule has 2 aromatic rings. The van der Waals surface area contributed by atoms with Gasteiger partial charge in [0.1, 0.15) is 5.82 Å². The molecule has 1 saturated carbocycles. The minimum Gasteiger partial charge on any atom is -0.331 e. The van der Waals surface area contributed by atoms with Crippen LogP contribution in [0.3, 0.4) is 0 Å². The quantitative estimate of drug-likeness (QED) is 0.635. The smallest absolute Gasteiger partial charge is 0.235 e. The van der Waals surface area contributed by atoms with Crippen LogP contribution in [-0.4, -0.2) is 15.6 Å². The van der Waals surface area contributed by atoms with Crippen LogP contribution in [0, 0.1) is 0 Å². The van der Waals surface area contributed by atoms with Crippen LogP contribution >= 0.6 is 0 Å². The first-order valence-corrected chi connectivity index (χ1v) is 7.63. The molecule has 1 aliphatic carbocycles. The highest BCUT2D eigenvalue weighted by Crippen LogP contribution is 2.42. The zero-order chi connectivity index (χ0) is 15.0. The van der Waals surface area contributed by atoms with Gasteiger partial charge < -0.3 is 4.57 Å². The Kier molecular flexibility index (Phi) is 3.42. The van der Waals surface area contributed by atoms with E-state index in [0.717, 1.165) is 48.1 Å². The molecule has 1 aromatic carbocycles. The molecule has 0 bridgehead atoms. The van der Waals surface area contributed by atoms with Gasteiger partial charge in [-0.1, -0.05) is 32.8 Å². The fraction of sp³-hybridized carbons (Fsp3) is 0.529. The van der Waals surface area contributed by atoms with Crippen molar-refractivity contribution in [2.24, 2.45) is 12.0 Å². The van der Waals surface area contributed by atoms with Crippen molar-refractivity contribution in [1.29, 1.82) is 0 Å². The number of aliphatic imine (C=N–C) groups is 1. The molecule has 0 radical (unpaired) electrons. The summed E-state index contributed by atoms with van der Waals surface area (Å²) in [5.74, 6) is 1.47. The Balaban J connectivity index is 2.15. The molecule has 1 aliphatic rings. The highest BCUT2D eigenvalue weighted by atomic mass is 16.1. The van der Waals surface area contributed by atoms with Crippen LogP contribution in [0.25, 0.3) is 11.0 Å². The summed E-state index contributed by atoms with van der Waals surface area (Å²) in [5.41, 5.74) is 2.85. The lowest BCUT2D eigenvalue weighted by atomic mass is 9.89. The van der Waals surface area contributed by atoms with E-state index in [1.54, 1.807) is 6.08 Å². The van der Waals surface area contributed by atoms with Crippen LogP contribution < -0.4 is 0 Å². The van der Waals surface area contributed by atoms with Crippen LogP contribution in [0.15, 0.2) is 23.2 Å². The Morgan fingerprint density at radius 1 is 1.33 bits per heavy atom. The van der Waals surface area contributed by atoms with Crippen molar-refractivity contribution in [1.82, 2.24) is 9.55 Å². The van der Waals surface area contributed by atoms with E-state index in [1.165, 1.54) is 0 Å². The number of aryl methyl sites for hydroxylation is 1. The average Bonchev–Trinajstić information content (AvgIpc) is 3.05. The van der Waals surface area contributed by atoms with Gasteiger partial charge >= 0.3 is 0 Å². The minimum atomic E-state index is -0.370. The Bertz CT molecular complexity index is 717. The zero-order valence-electron chi connectivity index (χ0n) is 12.9. The summed E-state index contributed by atoms with van der Waals surface area (Å²) in [7, 11) is 2.05. The summed E-state index contributed by atoms with van der Waals surface area (Å²) in [4.78, 5) is 19.8. The third-order valence-corrected chi connectivity index (χ3v) is 4.66. The lowest BCUT2D eigenvalue weighted by Gasteiger charge is -2.22. The molecule has 1 fully saturated rings. The molecule has 0 unspecified atom stereocenters. The van der Waals surface area contributed by atoms with Crippen LogP contribution in [0.2, 0.25) is 0 Å². The normalized spacial score (nSPS) is 17.3. The van der Waals surface area contributed by atoms with E-state index in [-0.39, 0.29) is 5.54 Å². The van der Waals surface area contributed by atoms with Gasteiger partial charge in [-0.25, -0.2) is 9.78 Å². The predicted octanol–water partition coefficient (Wildman–Crippen LogP) is 3.80. The molecule has 1 aromatic heterocycles. The highest BCUT2D eigenvalue weighted by Gasteiger charge is 2.36. The van der Waals surface area contributed by atoms with Crippen LogP contribution in [-0.2, 0) is 17.4 Å². The first-order valence-electron chi connectivity index (χ1n) is 7.63. The number of nitrogens with zero attached hydrogens (tertiary/aromatic N) is 3.